The normalized spacial score (nSPS) is 15.5. The molecule has 0 saturated heterocycles. The van der Waals surface area contributed by atoms with Gasteiger partial charge in [-0.1, -0.05) is 23.2 Å². The third kappa shape index (κ3) is 2.91. The molecule has 0 aliphatic heterocycles. The predicted molar refractivity (Wildman–Crippen MR) is 70.0 cm³/mol. The van der Waals surface area contributed by atoms with Crippen LogP contribution in [-0.2, 0) is 9.05 Å². The minimum atomic E-state index is -4.02. The summed E-state index contributed by atoms with van der Waals surface area (Å²) < 4.78 is 22.6. The summed E-state index contributed by atoms with van der Waals surface area (Å²) in [5, 5.41) is 2.52. The van der Waals surface area contributed by atoms with Gasteiger partial charge in [-0.15, -0.1) is 0 Å². The second kappa shape index (κ2) is 4.89. The minimum absolute atomic E-state index is 0.0630. The van der Waals surface area contributed by atoms with E-state index < -0.39 is 15.0 Å². The van der Waals surface area contributed by atoms with Crippen molar-refractivity contribution in [3.05, 3.63) is 27.7 Å². The Bertz CT molecular complexity index is 611. The van der Waals surface area contributed by atoms with Gasteiger partial charge in [-0.2, -0.15) is 0 Å². The average molecular weight is 329 g/mol. The van der Waals surface area contributed by atoms with Gasteiger partial charge in [0.05, 0.1) is 15.6 Å². The Kier molecular flexibility index (Phi) is 3.78. The van der Waals surface area contributed by atoms with E-state index in [-0.39, 0.29) is 26.5 Å². The summed E-state index contributed by atoms with van der Waals surface area (Å²) in [6, 6.07) is 2.56. The third-order valence-corrected chi connectivity index (χ3v) is 4.64. The van der Waals surface area contributed by atoms with Gasteiger partial charge in [0.2, 0.25) is 0 Å². The molecule has 1 fully saturated rings. The van der Waals surface area contributed by atoms with E-state index >= 15 is 0 Å². The molecule has 0 unspecified atom stereocenters. The molecule has 1 aromatic rings. The van der Waals surface area contributed by atoms with Gasteiger partial charge in [0, 0.05) is 16.7 Å². The van der Waals surface area contributed by atoms with E-state index in [0.717, 1.165) is 12.8 Å². The minimum Gasteiger partial charge on any atom is -0.349 e. The number of nitrogens with one attached hydrogen (secondary N) is 1. The number of benzene rings is 1. The first-order valence-electron chi connectivity index (χ1n) is 5.04. The highest BCUT2D eigenvalue weighted by molar-refractivity contribution is 8.13. The SMILES string of the molecule is O=C(NC1CC1)c1c(Cl)ccc(S(=O)(=O)Cl)c1Cl. The average Bonchev–Trinajstić information content (AvgIpc) is 2.99. The van der Waals surface area contributed by atoms with Gasteiger partial charge < -0.3 is 5.32 Å². The van der Waals surface area contributed by atoms with E-state index in [9.17, 15) is 13.2 Å². The maximum atomic E-state index is 11.9. The molecule has 8 heteroatoms. The van der Waals surface area contributed by atoms with Gasteiger partial charge in [-0.05, 0) is 25.0 Å². The molecule has 0 aromatic heterocycles. The van der Waals surface area contributed by atoms with Crippen molar-refractivity contribution >= 4 is 48.8 Å². The van der Waals surface area contributed by atoms with E-state index in [4.69, 9.17) is 33.9 Å². The summed E-state index contributed by atoms with van der Waals surface area (Å²) in [7, 11) is 1.21. The molecule has 0 bridgehead atoms. The smallest absolute Gasteiger partial charge is 0.262 e. The van der Waals surface area contributed by atoms with Crippen LogP contribution in [0.15, 0.2) is 17.0 Å². The van der Waals surface area contributed by atoms with Gasteiger partial charge in [0.15, 0.2) is 0 Å². The highest BCUT2D eigenvalue weighted by Crippen LogP contribution is 2.33. The molecule has 1 saturated carbocycles. The summed E-state index contributed by atoms with van der Waals surface area (Å²) >= 11 is 11.8. The van der Waals surface area contributed by atoms with E-state index in [1.165, 1.54) is 12.1 Å². The lowest BCUT2D eigenvalue weighted by Gasteiger charge is -2.09. The maximum absolute atomic E-state index is 11.9. The summed E-state index contributed by atoms with van der Waals surface area (Å²) in [4.78, 5) is 11.6. The standard InChI is InChI=1S/C10H8Cl3NO3S/c11-6-3-4-7(18(13,16)17)9(12)8(6)10(15)14-5-1-2-5/h3-5H,1-2H2,(H,14,15). The number of halogens is 3. The van der Waals surface area contributed by atoms with Crippen LogP contribution in [0.1, 0.15) is 23.2 Å². The van der Waals surface area contributed by atoms with Crippen molar-refractivity contribution in [3.63, 3.8) is 0 Å². The van der Waals surface area contributed by atoms with Crippen molar-refractivity contribution in [2.75, 3.05) is 0 Å². The van der Waals surface area contributed by atoms with Crippen LogP contribution in [-0.4, -0.2) is 20.4 Å². The van der Waals surface area contributed by atoms with Crippen LogP contribution >= 0.6 is 33.9 Å². The number of amides is 1. The van der Waals surface area contributed by atoms with Crippen LogP contribution < -0.4 is 5.32 Å². The summed E-state index contributed by atoms with van der Waals surface area (Å²) in [6.45, 7) is 0. The molecule has 98 valence electrons. The van der Waals surface area contributed by atoms with Crippen LogP contribution in [0.5, 0.6) is 0 Å². The molecular weight excluding hydrogens is 321 g/mol. The lowest BCUT2D eigenvalue weighted by molar-refractivity contribution is 0.0951. The van der Waals surface area contributed by atoms with E-state index in [1.807, 2.05) is 0 Å². The fourth-order valence-corrected chi connectivity index (χ4v) is 3.31. The van der Waals surface area contributed by atoms with Gasteiger partial charge in [-0.25, -0.2) is 8.42 Å². The summed E-state index contributed by atoms with van der Waals surface area (Å²) in [5.41, 5.74) is -0.0630. The van der Waals surface area contributed by atoms with E-state index in [0.29, 0.717) is 0 Å². The molecular formula is C10H8Cl3NO3S. The molecule has 1 N–H and O–H groups in total. The lowest BCUT2D eigenvalue weighted by atomic mass is 10.2. The topological polar surface area (TPSA) is 63.2 Å². The monoisotopic (exact) mass is 327 g/mol. The Morgan fingerprint density at radius 2 is 1.89 bits per heavy atom. The maximum Gasteiger partial charge on any atom is 0.262 e. The van der Waals surface area contributed by atoms with Crippen LogP contribution in [0.25, 0.3) is 0 Å². The number of hydrogen-bond donors (Lipinski definition) is 1. The number of rotatable bonds is 3. The molecule has 0 radical (unpaired) electrons. The Morgan fingerprint density at radius 1 is 1.28 bits per heavy atom. The highest BCUT2D eigenvalue weighted by atomic mass is 35.7. The molecule has 18 heavy (non-hydrogen) atoms. The van der Waals surface area contributed by atoms with Gasteiger partial charge in [0.1, 0.15) is 4.90 Å². The molecule has 0 heterocycles. The van der Waals surface area contributed by atoms with Gasteiger partial charge in [0.25, 0.3) is 15.0 Å². The second-order valence-electron chi connectivity index (χ2n) is 3.92. The largest absolute Gasteiger partial charge is 0.349 e. The Labute approximate surface area is 119 Å². The molecule has 1 aliphatic rings. The number of hydrogen-bond acceptors (Lipinski definition) is 3. The van der Waals surface area contributed by atoms with Crippen molar-refractivity contribution in [1.82, 2.24) is 5.32 Å². The molecule has 4 nitrogen and oxygen atoms in total. The first-order valence-corrected chi connectivity index (χ1v) is 8.10. The summed E-state index contributed by atoms with van der Waals surface area (Å²) in [6.07, 6.45) is 1.79. The predicted octanol–water partition coefficient (Wildman–Crippen LogP) is 2.81. The number of carbonyl (C=O) groups excluding carboxylic acids is 1. The molecule has 0 spiro atoms. The van der Waals surface area contributed by atoms with E-state index in [1.54, 1.807) is 0 Å². The highest BCUT2D eigenvalue weighted by Gasteiger charge is 2.28. The first kappa shape index (κ1) is 13.9. The molecule has 1 aliphatic carbocycles. The summed E-state index contributed by atoms with van der Waals surface area (Å²) in [5.74, 6) is -0.491. The number of carbonyl (C=O) groups is 1. The Balaban J connectivity index is 2.48. The fourth-order valence-electron chi connectivity index (χ4n) is 1.42. The lowest BCUT2D eigenvalue weighted by Crippen LogP contribution is -2.26. The van der Waals surface area contributed by atoms with Gasteiger partial charge in [-0.3, -0.25) is 4.79 Å². The molecule has 1 amide bonds. The van der Waals surface area contributed by atoms with Crippen molar-refractivity contribution in [1.29, 1.82) is 0 Å². The van der Waals surface area contributed by atoms with E-state index in [2.05, 4.69) is 5.32 Å². The zero-order chi connectivity index (χ0) is 13.5. The fraction of sp³-hybridized carbons (Fsp3) is 0.300. The third-order valence-electron chi connectivity index (χ3n) is 2.46. The van der Waals surface area contributed by atoms with Crippen molar-refractivity contribution in [2.45, 2.75) is 23.8 Å². The van der Waals surface area contributed by atoms with Crippen LogP contribution in [0.4, 0.5) is 0 Å². The molecule has 1 aromatic carbocycles. The zero-order valence-corrected chi connectivity index (χ0v) is 12.0. The molecule has 2 rings (SSSR count). The van der Waals surface area contributed by atoms with Crippen LogP contribution in [0.3, 0.4) is 0 Å². The van der Waals surface area contributed by atoms with Crippen molar-refractivity contribution < 1.29 is 13.2 Å². The van der Waals surface area contributed by atoms with Crippen molar-refractivity contribution in [3.8, 4) is 0 Å². The van der Waals surface area contributed by atoms with Crippen LogP contribution in [0, 0.1) is 0 Å². The zero-order valence-electron chi connectivity index (χ0n) is 8.91. The van der Waals surface area contributed by atoms with Crippen LogP contribution in [0.2, 0.25) is 10.0 Å². The second-order valence-corrected chi connectivity index (χ2v) is 7.24. The Hall–Kier alpha value is -0.490. The Morgan fingerprint density at radius 3 is 2.39 bits per heavy atom. The van der Waals surface area contributed by atoms with Crippen molar-refractivity contribution in [2.24, 2.45) is 0 Å². The van der Waals surface area contributed by atoms with Gasteiger partial charge >= 0.3 is 0 Å². The first-order chi connectivity index (χ1) is 8.30. The quantitative estimate of drug-likeness (QED) is 0.868. The molecule has 0 atom stereocenters.